The van der Waals surface area contributed by atoms with E-state index in [4.69, 9.17) is 52.1 Å². The first-order valence-corrected chi connectivity index (χ1v) is 7.22. The van der Waals surface area contributed by atoms with Gasteiger partial charge in [0.05, 0.1) is 25.8 Å². The smallest absolute Gasteiger partial charge is 0.151 e. The maximum atomic E-state index is 6.12. The van der Waals surface area contributed by atoms with E-state index in [9.17, 15) is 0 Å². The number of anilines is 3. The van der Waals surface area contributed by atoms with Crippen LogP contribution >= 0.6 is 62.3 Å². The summed E-state index contributed by atoms with van der Waals surface area (Å²) in [5, 5.41) is 4.32. The van der Waals surface area contributed by atoms with Gasteiger partial charge in [-0.15, -0.1) is 0 Å². The van der Waals surface area contributed by atoms with Crippen LogP contribution in [0.3, 0.4) is 0 Å². The number of pyridine rings is 1. The van der Waals surface area contributed by atoms with Crippen LogP contribution in [0.25, 0.3) is 0 Å². The molecule has 0 spiro atoms. The lowest BCUT2D eigenvalue weighted by Crippen LogP contribution is -1.99. The molecule has 0 amide bonds. The standard InChI is InChI=1S/C11H6BrCl4N3/c12-4-1-2-7(9(16)8(4)15)18-11-6(14)3-5(13)10(17)19-11/h1-3H,(H3,17,18,19). The van der Waals surface area contributed by atoms with E-state index in [1.54, 1.807) is 12.1 Å². The van der Waals surface area contributed by atoms with Crippen molar-refractivity contribution in [3.63, 3.8) is 0 Å². The summed E-state index contributed by atoms with van der Waals surface area (Å²) in [7, 11) is 0. The predicted octanol–water partition coefficient (Wildman–Crippen LogP) is 5.78. The lowest BCUT2D eigenvalue weighted by Gasteiger charge is -2.12. The Bertz CT molecular complexity index is 648. The number of nitrogens with two attached hydrogens (primary N) is 1. The maximum absolute atomic E-state index is 6.12. The number of rotatable bonds is 2. The van der Waals surface area contributed by atoms with E-state index in [0.29, 0.717) is 31.0 Å². The zero-order chi connectivity index (χ0) is 14.2. The normalized spacial score (nSPS) is 10.6. The highest BCUT2D eigenvalue weighted by molar-refractivity contribution is 9.10. The highest BCUT2D eigenvalue weighted by Crippen LogP contribution is 2.38. The van der Waals surface area contributed by atoms with Gasteiger partial charge < -0.3 is 11.1 Å². The van der Waals surface area contributed by atoms with Crippen molar-refractivity contribution < 1.29 is 0 Å². The third kappa shape index (κ3) is 3.20. The summed E-state index contributed by atoms with van der Waals surface area (Å²) in [6.07, 6.45) is 0. The summed E-state index contributed by atoms with van der Waals surface area (Å²) in [4.78, 5) is 4.05. The molecule has 1 aromatic heterocycles. The first-order chi connectivity index (χ1) is 8.90. The molecule has 2 rings (SSSR count). The second-order valence-electron chi connectivity index (χ2n) is 3.53. The molecule has 19 heavy (non-hydrogen) atoms. The van der Waals surface area contributed by atoms with E-state index in [0.717, 1.165) is 0 Å². The van der Waals surface area contributed by atoms with E-state index in [-0.39, 0.29) is 10.8 Å². The minimum atomic E-state index is 0.174. The van der Waals surface area contributed by atoms with E-state index in [2.05, 4.69) is 26.2 Å². The molecule has 3 N–H and O–H groups in total. The summed E-state index contributed by atoms with van der Waals surface area (Å²) >= 11 is 27.3. The Kier molecular flexibility index (Phi) is 4.69. The Hall–Kier alpha value is -0.390. The monoisotopic (exact) mass is 399 g/mol. The summed E-state index contributed by atoms with van der Waals surface area (Å²) < 4.78 is 0.694. The van der Waals surface area contributed by atoms with Gasteiger partial charge in [0.2, 0.25) is 0 Å². The van der Waals surface area contributed by atoms with Gasteiger partial charge in [-0.2, -0.15) is 0 Å². The molecule has 0 fully saturated rings. The third-order valence-electron chi connectivity index (χ3n) is 2.24. The molecule has 1 aromatic carbocycles. The quantitative estimate of drug-likeness (QED) is 0.627. The number of aromatic nitrogens is 1. The molecule has 0 saturated carbocycles. The molecule has 0 aliphatic carbocycles. The number of nitrogens with zero attached hydrogens (tertiary/aromatic N) is 1. The highest BCUT2D eigenvalue weighted by Gasteiger charge is 2.12. The van der Waals surface area contributed by atoms with Crippen LogP contribution in [0.1, 0.15) is 0 Å². The van der Waals surface area contributed by atoms with Gasteiger partial charge in [0, 0.05) is 4.47 Å². The summed E-state index contributed by atoms with van der Waals surface area (Å²) in [5.41, 5.74) is 6.19. The summed E-state index contributed by atoms with van der Waals surface area (Å²) in [6.45, 7) is 0. The molecular weight excluding hydrogens is 396 g/mol. The number of nitrogens with one attached hydrogen (secondary N) is 1. The van der Waals surface area contributed by atoms with Crippen molar-refractivity contribution in [2.75, 3.05) is 11.1 Å². The molecule has 0 unspecified atom stereocenters. The van der Waals surface area contributed by atoms with Crippen LogP contribution in [0.2, 0.25) is 20.1 Å². The molecular formula is C11H6BrCl4N3. The molecule has 8 heteroatoms. The van der Waals surface area contributed by atoms with Crippen LogP contribution in [-0.4, -0.2) is 4.98 Å². The number of benzene rings is 1. The molecule has 2 aromatic rings. The van der Waals surface area contributed by atoms with Crippen LogP contribution in [-0.2, 0) is 0 Å². The van der Waals surface area contributed by atoms with Gasteiger partial charge in [-0.1, -0.05) is 46.4 Å². The average molecular weight is 402 g/mol. The van der Waals surface area contributed by atoms with Crippen molar-refractivity contribution in [1.82, 2.24) is 4.98 Å². The minimum absolute atomic E-state index is 0.174. The van der Waals surface area contributed by atoms with E-state index in [1.165, 1.54) is 6.07 Å². The van der Waals surface area contributed by atoms with Gasteiger partial charge in [0.15, 0.2) is 5.82 Å². The maximum Gasteiger partial charge on any atom is 0.151 e. The largest absolute Gasteiger partial charge is 0.382 e. The highest BCUT2D eigenvalue weighted by atomic mass is 79.9. The van der Waals surface area contributed by atoms with Crippen molar-refractivity contribution in [1.29, 1.82) is 0 Å². The van der Waals surface area contributed by atoms with E-state index < -0.39 is 0 Å². The molecule has 100 valence electrons. The van der Waals surface area contributed by atoms with Gasteiger partial charge >= 0.3 is 0 Å². The fourth-order valence-corrected chi connectivity index (χ4v) is 2.55. The molecule has 0 atom stereocenters. The SMILES string of the molecule is Nc1nc(Nc2ccc(Br)c(Cl)c2Cl)c(Cl)cc1Cl. The summed E-state index contributed by atoms with van der Waals surface area (Å²) in [5.74, 6) is 0.525. The molecule has 1 heterocycles. The van der Waals surface area contributed by atoms with E-state index in [1.807, 2.05) is 0 Å². The molecule has 0 bridgehead atoms. The van der Waals surface area contributed by atoms with Crippen LogP contribution in [0.15, 0.2) is 22.7 Å². The predicted molar refractivity (Wildman–Crippen MR) is 86.1 cm³/mol. The van der Waals surface area contributed by atoms with Crippen LogP contribution < -0.4 is 11.1 Å². The van der Waals surface area contributed by atoms with Crippen molar-refractivity contribution in [3.8, 4) is 0 Å². The van der Waals surface area contributed by atoms with Crippen molar-refractivity contribution >= 4 is 79.7 Å². The third-order valence-corrected chi connectivity index (χ3v) is 4.61. The lowest BCUT2D eigenvalue weighted by molar-refractivity contribution is 1.31. The topological polar surface area (TPSA) is 50.9 Å². The zero-order valence-corrected chi connectivity index (χ0v) is 13.8. The molecule has 3 nitrogen and oxygen atoms in total. The fraction of sp³-hybridized carbons (Fsp3) is 0. The first-order valence-electron chi connectivity index (χ1n) is 4.92. The number of nitrogen functional groups attached to an aromatic ring is 1. The van der Waals surface area contributed by atoms with Gasteiger partial charge in [0.25, 0.3) is 0 Å². The van der Waals surface area contributed by atoms with Crippen molar-refractivity contribution in [2.24, 2.45) is 0 Å². The van der Waals surface area contributed by atoms with Gasteiger partial charge in [0.1, 0.15) is 5.82 Å². The Morgan fingerprint density at radius 1 is 1.05 bits per heavy atom. The van der Waals surface area contributed by atoms with Gasteiger partial charge in [-0.3, -0.25) is 0 Å². The van der Waals surface area contributed by atoms with Gasteiger partial charge in [-0.25, -0.2) is 4.98 Å². The van der Waals surface area contributed by atoms with Crippen molar-refractivity contribution in [3.05, 3.63) is 42.8 Å². The number of hydrogen-bond donors (Lipinski definition) is 2. The van der Waals surface area contributed by atoms with Crippen LogP contribution in [0.5, 0.6) is 0 Å². The number of hydrogen-bond acceptors (Lipinski definition) is 3. The fourth-order valence-electron chi connectivity index (χ4n) is 1.32. The first kappa shape index (κ1) is 15.0. The van der Waals surface area contributed by atoms with Gasteiger partial charge in [-0.05, 0) is 34.1 Å². The summed E-state index contributed by atoms with van der Waals surface area (Å²) in [6, 6.07) is 4.99. The molecule has 0 saturated heterocycles. The second-order valence-corrected chi connectivity index (χ2v) is 5.96. The molecule has 0 radical (unpaired) electrons. The average Bonchev–Trinajstić information content (AvgIpc) is 2.36. The lowest BCUT2D eigenvalue weighted by atomic mass is 10.3. The van der Waals surface area contributed by atoms with Crippen LogP contribution in [0.4, 0.5) is 17.3 Å². The Morgan fingerprint density at radius 2 is 1.74 bits per heavy atom. The second kappa shape index (κ2) is 5.94. The van der Waals surface area contributed by atoms with Crippen LogP contribution in [0, 0.1) is 0 Å². The zero-order valence-electron chi connectivity index (χ0n) is 9.15. The Balaban J connectivity index is 2.42. The molecule has 0 aliphatic rings. The van der Waals surface area contributed by atoms with Crippen molar-refractivity contribution in [2.45, 2.75) is 0 Å². The number of halogens is 5. The Morgan fingerprint density at radius 3 is 2.42 bits per heavy atom. The minimum Gasteiger partial charge on any atom is -0.382 e. The molecule has 0 aliphatic heterocycles. The van der Waals surface area contributed by atoms with E-state index >= 15 is 0 Å². The Labute approximate surface area is 138 Å².